The molecular weight excluding hydrogens is 324 g/mol. The topological polar surface area (TPSA) is 62.5 Å². The summed E-state index contributed by atoms with van der Waals surface area (Å²) < 4.78 is 1.52. The number of unbranched alkanes of at least 4 members (excludes halogenated alkanes) is 1. The van der Waals surface area contributed by atoms with Crippen LogP contribution in [-0.2, 0) is 0 Å². The van der Waals surface area contributed by atoms with Crippen molar-refractivity contribution >= 4 is 28.7 Å². The van der Waals surface area contributed by atoms with Crippen molar-refractivity contribution in [3.63, 3.8) is 0 Å². The lowest BCUT2D eigenvalue weighted by atomic mass is 10.2. The van der Waals surface area contributed by atoms with Gasteiger partial charge in [-0.2, -0.15) is 0 Å². The summed E-state index contributed by atoms with van der Waals surface area (Å²) in [5.74, 6) is 0.727. The number of halogens is 1. The number of aryl methyl sites for hydroxylation is 1. The average molecular weight is 343 g/mol. The predicted octanol–water partition coefficient (Wildman–Crippen LogP) is 4.05. The summed E-state index contributed by atoms with van der Waals surface area (Å²) in [6, 6.07) is 9.44. The van der Waals surface area contributed by atoms with Gasteiger partial charge < -0.3 is 0 Å². The molecule has 0 saturated heterocycles. The van der Waals surface area contributed by atoms with E-state index in [1.807, 2.05) is 37.3 Å². The van der Waals surface area contributed by atoms with Gasteiger partial charge in [0.05, 0.1) is 11.3 Å². The number of benzene rings is 1. The first-order valence-corrected chi connectivity index (χ1v) is 8.39. The Kier molecular flexibility index (Phi) is 4.81. The van der Waals surface area contributed by atoms with Gasteiger partial charge in [-0.3, -0.25) is 9.89 Å². The molecule has 0 spiro atoms. The number of aromatic nitrogens is 2. The molecule has 0 fully saturated rings. The number of para-hydroxylation sites is 1. The van der Waals surface area contributed by atoms with Gasteiger partial charge in [0.2, 0.25) is 0 Å². The lowest BCUT2D eigenvalue weighted by Gasteiger charge is -1.99. The Morgan fingerprint density at radius 1 is 1.25 bits per heavy atom. The van der Waals surface area contributed by atoms with Gasteiger partial charge in [-0.25, -0.2) is 14.7 Å². The summed E-state index contributed by atoms with van der Waals surface area (Å²) in [7, 11) is 0. The van der Waals surface area contributed by atoms with E-state index in [9.17, 15) is 4.79 Å². The SMILES string of the molecule is CCCCC1=N/C(=C\c2c(C)[nH]n(-c3ccccc3)c2=O)C(Cl)=N1. The van der Waals surface area contributed by atoms with Crippen LogP contribution in [0.15, 0.2) is 50.8 Å². The van der Waals surface area contributed by atoms with Crippen molar-refractivity contribution in [1.29, 1.82) is 0 Å². The fourth-order valence-corrected chi connectivity index (χ4v) is 2.74. The predicted molar refractivity (Wildman–Crippen MR) is 99.4 cm³/mol. The third kappa shape index (κ3) is 3.26. The lowest BCUT2D eigenvalue weighted by molar-refractivity contribution is 0.832. The summed E-state index contributed by atoms with van der Waals surface area (Å²) in [6.45, 7) is 3.97. The van der Waals surface area contributed by atoms with Crippen molar-refractivity contribution in [3.8, 4) is 5.69 Å². The van der Waals surface area contributed by atoms with E-state index in [1.54, 1.807) is 6.08 Å². The highest BCUT2D eigenvalue weighted by atomic mass is 35.5. The van der Waals surface area contributed by atoms with Crippen molar-refractivity contribution in [2.75, 3.05) is 0 Å². The van der Waals surface area contributed by atoms with Crippen LogP contribution in [0.5, 0.6) is 0 Å². The maximum Gasteiger partial charge on any atom is 0.278 e. The number of amidine groups is 1. The first kappa shape index (κ1) is 16.5. The molecule has 3 rings (SSSR count). The number of H-pyrrole nitrogens is 1. The molecule has 6 heteroatoms. The minimum Gasteiger partial charge on any atom is -0.295 e. The van der Waals surface area contributed by atoms with Crippen LogP contribution in [0.4, 0.5) is 0 Å². The van der Waals surface area contributed by atoms with Crippen LogP contribution in [0.1, 0.15) is 37.4 Å². The van der Waals surface area contributed by atoms with Gasteiger partial charge >= 0.3 is 0 Å². The first-order chi connectivity index (χ1) is 11.6. The monoisotopic (exact) mass is 342 g/mol. The Balaban J connectivity index is 1.97. The number of hydrogen-bond donors (Lipinski definition) is 1. The first-order valence-electron chi connectivity index (χ1n) is 8.01. The second-order valence-electron chi connectivity index (χ2n) is 5.69. The van der Waals surface area contributed by atoms with E-state index in [-0.39, 0.29) is 5.56 Å². The van der Waals surface area contributed by atoms with Gasteiger partial charge in [0.1, 0.15) is 11.5 Å². The molecule has 0 radical (unpaired) electrons. The second kappa shape index (κ2) is 7.01. The highest BCUT2D eigenvalue weighted by Gasteiger charge is 2.17. The minimum absolute atomic E-state index is 0.132. The Bertz CT molecular complexity index is 887. The van der Waals surface area contributed by atoms with Crippen LogP contribution in [0.2, 0.25) is 0 Å². The van der Waals surface area contributed by atoms with Crippen molar-refractivity contribution in [2.24, 2.45) is 9.98 Å². The van der Waals surface area contributed by atoms with Crippen molar-refractivity contribution in [2.45, 2.75) is 33.1 Å². The molecule has 24 heavy (non-hydrogen) atoms. The maximum absolute atomic E-state index is 12.7. The zero-order valence-corrected chi connectivity index (χ0v) is 14.5. The number of hydrogen-bond acceptors (Lipinski definition) is 3. The van der Waals surface area contributed by atoms with Gasteiger partial charge in [0.25, 0.3) is 5.56 Å². The molecule has 0 bridgehead atoms. The smallest absolute Gasteiger partial charge is 0.278 e. The van der Waals surface area contributed by atoms with Crippen LogP contribution in [0.25, 0.3) is 11.8 Å². The standard InChI is InChI=1S/C18H19ClN4O/c1-3-4-10-16-20-15(17(19)21-16)11-14-12(2)22-23(18(14)24)13-8-6-5-7-9-13/h5-9,11,22H,3-4,10H2,1-2H3/b15-11-. The van der Waals surface area contributed by atoms with Crippen LogP contribution < -0.4 is 5.56 Å². The number of aliphatic imine (C=N–C) groups is 2. The Labute approximate surface area is 145 Å². The summed E-state index contributed by atoms with van der Waals surface area (Å²) >= 11 is 6.18. The van der Waals surface area contributed by atoms with Crippen LogP contribution in [0.3, 0.4) is 0 Å². The van der Waals surface area contributed by atoms with Gasteiger partial charge in [-0.05, 0) is 31.6 Å². The molecule has 2 aromatic rings. The van der Waals surface area contributed by atoms with E-state index in [0.29, 0.717) is 16.4 Å². The molecule has 0 saturated carbocycles. The molecule has 0 unspecified atom stereocenters. The third-order valence-corrected chi connectivity index (χ3v) is 4.13. The van der Waals surface area contributed by atoms with Gasteiger partial charge in [-0.1, -0.05) is 43.1 Å². The van der Waals surface area contributed by atoms with Gasteiger partial charge in [-0.15, -0.1) is 0 Å². The normalized spacial score (nSPS) is 15.7. The summed E-state index contributed by atoms with van der Waals surface area (Å²) in [5, 5.41) is 3.43. The highest BCUT2D eigenvalue weighted by molar-refractivity contribution is 6.71. The fraction of sp³-hybridized carbons (Fsp3) is 0.278. The number of nitrogens with zero attached hydrogens (tertiary/aromatic N) is 3. The van der Waals surface area contributed by atoms with E-state index in [4.69, 9.17) is 11.6 Å². The van der Waals surface area contributed by atoms with Crippen LogP contribution in [0, 0.1) is 6.92 Å². The molecule has 5 nitrogen and oxygen atoms in total. The summed E-state index contributed by atoms with van der Waals surface area (Å²) in [5.41, 5.74) is 2.50. The molecule has 2 heterocycles. The van der Waals surface area contributed by atoms with Crippen molar-refractivity contribution in [1.82, 2.24) is 9.78 Å². The van der Waals surface area contributed by atoms with E-state index in [0.717, 1.165) is 36.5 Å². The molecule has 1 aromatic heterocycles. The number of nitrogens with one attached hydrogen (secondary N) is 1. The van der Waals surface area contributed by atoms with E-state index >= 15 is 0 Å². The Morgan fingerprint density at radius 3 is 2.71 bits per heavy atom. The summed E-state index contributed by atoms with van der Waals surface area (Å²) in [6.07, 6.45) is 4.59. The number of allylic oxidation sites excluding steroid dienone is 1. The Hall–Kier alpha value is -2.40. The molecule has 0 aliphatic carbocycles. The molecule has 0 atom stereocenters. The molecular formula is C18H19ClN4O. The fourth-order valence-electron chi connectivity index (χ4n) is 2.54. The minimum atomic E-state index is -0.132. The third-order valence-electron chi connectivity index (χ3n) is 3.85. The van der Waals surface area contributed by atoms with E-state index in [2.05, 4.69) is 22.0 Å². The average Bonchev–Trinajstić information content (AvgIpc) is 3.08. The molecule has 1 aliphatic heterocycles. The number of aromatic amines is 1. The molecule has 1 N–H and O–H groups in total. The molecule has 124 valence electrons. The lowest BCUT2D eigenvalue weighted by Crippen LogP contribution is -2.15. The van der Waals surface area contributed by atoms with E-state index in [1.165, 1.54) is 4.68 Å². The zero-order chi connectivity index (χ0) is 17.1. The Morgan fingerprint density at radius 2 is 2.00 bits per heavy atom. The zero-order valence-electron chi connectivity index (χ0n) is 13.7. The van der Waals surface area contributed by atoms with Gasteiger partial charge in [0.15, 0.2) is 5.17 Å². The highest BCUT2D eigenvalue weighted by Crippen LogP contribution is 2.20. The van der Waals surface area contributed by atoms with Crippen LogP contribution in [-0.4, -0.2) is 20.8 Å². The largest absolute Gasteiger partial charge is 0.295 e. The van der Waals surface area contributed by atoms with E-state index < -0.39 is 0 Å². The molecule has 1 aliphatic rings. The number of rotatable bonds is 5. The second-order valence-corrected chi connectivity index (χ2v) is 6.05. The summed E-state index contributed by atoms with van der Waals surface area (Å²) in [4.78, 5) is 21.4. The van der Waals surface area contributed by atoms with Gasteiger partial charge in [0, 0.05) is 12.1 Å². The van der Waals surface area contributed by atoms with Crippen molar-refractivity contribution in [3.05, 3.63) is 57.6 Å². The van der Waals surface area contributed by atoms with Crippen LogP contribution >= 0.6 is 11.6 Å². The molecule has 1 aromatic carbocycles. The molecule has 0 amide bonds. The maximum atomic E-state index is 12.7. The quantitative estimate of drug-likeness (QED) is 0.875. The van der Waals surface area contributed by atoms with Crippen molar-refractivity contribution < 1.29 is 0 Å².